The van der Waals surface area contributed by atoms with Crippen LogP contribution in [0.15, 0.2) is 0 Å². The molecule has 4 atom stereocenters. The van der Waals surface area contributed by atoms with E-state index >= 15 is 0 Å². The van der Waals surface area contributed by atoms with E-state index in [9.17, 15) is 24.2 Å². The molecule has 30 heavy (non-hydrogen) atoms. The lowest BCUT2D eigenvalue weighted by Crippen LogP contribution is -2.53. The van der Waals surface area contributed by atoms with Gasteiger partial charge in [-0.05, 0) is 24.7 Å². The van der Waals surface area contributed by atoms with Crippen LogP contribution in [0.3, 0.4) is 0 Å². The summed E-state index contributed by atoms with van der Waals surface area (Å²) in [4.78, 5) is 35.1. The number of hydrogen-bond acceptors (Lipinski definition) is 5. The van der Waals surface area contributed by atoms with Crippen molar-refractivity contribution >= 4 is 24.9 Å². The Morgan fingerprint density at radius 1 is 1.17 bits per heavy atom. The van der Waals surface area contributed by atoms with Crippen LogP contribution in [0.2, 0.25) is 0 Å². The third-order valence-electron chi connectivity index (χ3n) is 5.88. The third kappa shape index (κ3) is 9.27. The maximum Gasteiger partial charge on any atom is 0.265 e. The zero-order chi connectivity index (χ0) is 22.9. The first-order valence-corrected chi connectivity index (χ1v) is 13.2. The number of amides is 2. The molecule has 2 amide bonds. The van der Waals surface area contributed by atoms with Gasteiger partial charge in [-0.25, -0.2) is 0 Å². The monoisotopic (exact) mass is 445 g/mol. The zero-order valence-electron chi connectivity index (χ0n) is 18.8. The van der Waals surface area contributed by atoms with Gasteiger partial charge in [0.25, 0.3) is 5.91 Å². The molecule has 0 aliphatic heterocycles. The van der Waals surface area contributed by atoms with Gasteiger partial charge >= 0.3 is 0 Å². The van der Waals surface area contributed by atoms with Gasteiger partial charge in [0.05, 0.1) is 18.0 Å². The number of carbonyl (C=O) groups is 2. The molecule has 0 aromatic carbocycles. The van der Waals surface area contributed by atoms with E-state index in [2.05, 4.69) is 10.6 Å². The fourth-order valence-electron chi connectivity index (χ4n) is 3.75. The maximum absolute atomic E-state index is 12.6. The molecule has 2 unspecified atom stereocenters. The Hall–Kier alpha value is -1.24. The van der Waals surface area contributed by atoms with E-state index in [1.54, 1.807) is 13.8 Å². The van der Waals surface area contributed by atoms with Crippen molar-refractivity contribution in [2.45, 2.75) is 78.4 Å². The Morgan fingerprint density at radius 3 is 2.30 bits per heavy atom. The minimum Gasteiger partial charge on any atom is -0.391 e. The predicted octanol–water partition coefficient (Wildman–Crippen LogP) is 2.52. The first-order valence-electron chi connectivity index (χ1n) is 11.1. The average Bonchev–Trinajstić information content (AvgIpc) is 2.68. The van der Waals surface area contributed by atoms with Crippen LogP contribution in [-0.2, 0) is 14.2 Å². The van der Waals surface area contributed by atoms with Crippen molar-refractivity contribution in [1.82, 2.24) is 10.6 Å². The van der Waals surface area contributed by atoms with Crippen molar-refractivity contribution in [2.75, 3.05) is 18.9 Å². The van der Waals surface area contributed by atoms with Crippen LogP contribution >= 0.6 is 7.37 Å². The first-order chi connectivity index (χ1) is 14.0. The SMILES string of the molecule is CCC(C)[C@@H](NC(=O)C(=N)C(C)C)C(=O)NC[C@@H](O)CP(=O)(O)CC1CCCCC1. The molecule has 0 spiro atoms. The van der Waals surface area contributed by atoms with Crippen LogP contribution in [0.1, 0.15) is 66.2 Å². The van der Waals surface area contributed by atoms with Gasteiger partial charge in [-0.2, -0.15) is 0 Å². The van der Waals surface area contributed by atoms with Crippen molar-refractivity contribution in [1.29, 1.82) is 5.41 Å². The van der Waals surface area contributed by atoms with Gasteiger partial charge in [0.15, 0.2) is 0 Å². The predicted molar refractivity (Wildman–Crippen MR) is 119 cm³/mol. The van der Waals surface area contributed by atoms with E-state index in [0.29, 0.717) is 6.42 Å². The number of aliphatic hydroxyl groups excluding tert-OH is 1. The molecule has 1 fully saturated rings. The number of rotatable bonds is 12. The van der Waals surface area contributed by atoms with Crippen molar-refractivity contribution in [2.24, 2.45) is 17.8 Å². The second-order valence-corrected chi connectivity index (χ2v) is 11.4. The molecule has 1 aliphatic rings. The summed E-state index contributed by atoms with van der Waals surface area (Å²) >= 11 is 0. The molecule has 0 radical (unpaired) electrons. The molecule has 0 saturated heterocycles. The molecule has 174 valence electrons. The number of aliphatic hydroxyl groups is 1. The molecule has 1 aliphatic carbocycles. The van der Waals surface area contributed by atoms with Crippen molar-refractivity contribution in [3.05, 3.63) is 0 Å². The smallest absolute Gasteiger partial charge is 0.265 e. The Bertz CT molecular complexity index is 634. The number of hydrogen-bond donors (Lipinski definition) is 5. The van der Waals surface area contributed by atoms with Gasteiger partial charge in [0.2, 0.25) is 13.3 Å². The van der Waals surface area contributed by atoms with E-state index in [1.165, 1.54) is 6.42 Å². The van der Waals surface area contributed by atoms with E-state index in [-0.39, 0.29) is 42.3 Å². The van der Waals surface area contributed by atoms with E-state index in [4.69, 9.17) is 5.41 Å². The lowest BCUT2D eigenvalue weighted by Gasteiger charge is -2.26. The summed E-state index contributed by atoms with van der Waals surface area (Å²) in [7, 11) is -3.47. The fourth-order valence-corrected chi connectivity index (χ4v) is 5.86. The molecule has 1 rings (SSSR count). The van der Waals surface area contributed by atoms with E-state index in [0.717, 1.165) is 25.7 Å². The third-order valence-corrected chi connectivity index (χ3v) is 7.96. The van der Waals surface area contributed by atoms with Gasteiger partial charge in [-0.1, -0.05) is 53.4 Å². The van der Waals surface area contributed by atoms with Crippen LogP contribution in [0, 0.1) is 23.2 Å². The van der Waals surface area contributed by atoms with Gasteiger partial charge in [-0.3, -0.25) is 19.6 Å². The summed E-state index contributed by atoms with van der Waals surface area (Å²) in [6, 6.07) is -0.836. The Labute approximate surface area is 180 Å². The van der Waals surface area contributed by atoms with Crippen molar-refractivity contribution < 1.29 is 24.2 Å². The second kappa shape index (κ2) is 12.6. The first kappa shape index (κ1) is 26.8. The van der Waals surface area contributed by atoms with Crippen LogP contribution < -0.4 is 10.6 Å². The molecule has 0 bridgehead atoms. The Morgan fingerprint density at radius 2 is 1.77 bits per heavy atom. The molecule has 0 heterocycles. The minimum absolute atomic E-state index is 0.0972. The van der Waals surface area contributed by atoms with Gasteiger partial charge in [0.1, 0.15) is 6.04 Å². The van der Waals surface area contributed by atoms with Gasteiger partial charge < -0.3 is 20.6 Å². The fraction of sp³-hybridized carbons (Fsp3) is 0.857. The summed E-state index contributed by atoms with van der Waals surface area (Å²) in [6.07, 6.45) is 4.74. The molecule has 5 N–H and O–H groups in total. The largest absolute Gasteiger partial charge is 0.391 e. The normalized spacial score (nSPS) is 20.1. The van der Waals surface area contributed by atoms with Crippen molar-refractivity contribution in [3.8, 4) is 0 Å². The topological polar surface area (TPSA) is 140 Å². The van der Waals surface area contributed by atoms with Crippen LogP contribution in [0.25, 0.3) is 0 Å². The summed E-state index contributed by atoms with van der Waals surface area (Å²) < 4.78 is 12.5. The molecule has 0 aromatic rings. The summed E-state index contributed by atoms with van der Waals surface area (Å²) in [5.41, 5.74) is -0.0972. The quantitative estimate of drug-likeness (QED) is 0.232. The summed E-state index contributed by atoms with van der Waals surface area (Å²) in [5, 5.41) is 23.2. The highest BCUT2D eigenvalue weighted by Crippen LogP contribution is 2.45. The Kier molecular flexibility index (Phi) is 11.2. The van der Waals surface area contributed by atoms with Gasteiger partial charge in [0, 0.05) is 18.6 Å². The molecule has 8 nitrogen and oxygen atoms in total. The highest BCUT2D eigenvalue weighted by molar-refractivity contribution is 7.58. The molecular formula is C21H40N3O5P. The maximum atomic E-state index is 12.6. The molecule has 9 heteroatoms. The average molecular weight is 446 g/mol. The van der Waals surface area contributed by atoms with E-state index in [1.807, 2.05) is 13.8 Å². The molecule has 1 saturated carbocycles. The van der Waals surface area contributed by atoms with Crippen LogP contribution in [0.5, 0.6) is 0 Å². The van der Waals surface area contributed by atoms with Crippen LogP contribution in [-0.4, -0.2) is 58.5 Å². The minimum atomic E-state index is -3.47. The standard InChI is InChI=1S/C21H40N3O5P/c1-5-15(4)19(24-20(26)18(22)14(2)3)21(27)23-11-17(25)13-30(28,29)12-16-9-7-6-8-10-16/h14-17,19,22,25H,5-13H2,1-4H3,(H,23,27)(H,24,26)(H,28,29)/t15?,17-,19-/m1/s1. The van der Waals surface area contributed by atoms with Crippen molar-refractivity contribution in [3.63, 3.8) is 0 Å². The molecule has 0 aromatic heterocycles. The number of carbonyl (C=O) groups excluding carboxylic acids is 2. The zero-order valence-corrected chi connectivity index (χ0v) is 19.7. The highest BCUT2D eigenvalue weighted by atomic mass is 31.2. The second-order valence-electron chi connectivity index (χ2n) is 9.02. The lowest BCUT2D eigenvalue weighted by molar-refractivity contribution is -0.128. The summed E-state index contributed by atoms with van der Waals surface area (Å²) in [5.74, 6) is -1.24. The Balaban J connectivity index is 2.58. The lowest BCUT2D eigenvalue weighted by atomic mass is 9.91. The summed E-state index contributed by atoms with van der Waals surface area (Å²) in [6.45, 7) is 7.03. The number of nitrogens with one attached hydrogen (secondary N) is 3. The van der Waals surface area contributed by atoms with Gasteiger partial charge in [-0.15, -0.1) is 0 Å². The van der Waals surface area contributed by atoms with Crippen LogP contribution in [0.4, 0.5) is 0 Å². The highest BCUT2D eigenvalue weighted by Gasteiger charge is 2.30. The van der Waals surface area contributed by atoms with E-state index < -0.39 is 31.3 Å². The molecular weight excluding hydrogens is 405 g/mol.